The maximum atomic E-state index is 14.9. The molecule has 0 fully saturated rings. The number of ether oxygens (including phenoxy) is 1. The zero-order chi connectivity index (χ0) is 22.2. The number of carbonyl (C=O) groups is 1. The fraction of sp³-hybridized carbons (Fsp3) is 0.160. The van der Waals surface area contributed by atoms with Crippen molar-refractivity contribution in [1.82, 2.24) is 0 Å². The lowest BCUT2D eigenvalue weighted by Crippen LogP contribution is -2.24. The smallest absolute Gasteiger partial charge is 0.307 e. The van der Waals surface area contributed by atoms with E-state index in [-0.39, 0.29) is 18.8 Å². The summed E-state index contributed by atoms with van der Waals surface area (Å²) in [7, 11) is 0. The number of rotatable bonds is 5. The molecule has 1 aliphatic heterocycles. The Kier molecular flexibility index (Phi) is 5.03. The van der Waals surface area contributed by atoms with Gasteiger partial charge in [-0.3, -0.25) is 4.79 Å². The molecule has 0 spiro atoms. The van der Waals surface area contributed by atoms with Crippen LogP contribution in [0, 0.1) is 5.82 Å². The lowest BCUT2D eigenvalue weighted by Gasteiger charge is -2.28. The highest BCUT2D eigenvalue weighted by atomic mass is 19.1. The van der Waals surface area contributed by atoms with E-state index in [0.29, 0.717) is 40.1 Å². The van der Waals surface area contributed by atoms with Gasteiger partial charge in [-0.15, -0.1) is 0 Å². The van der Waals surface area contributed by atoms with Crippen molar-refractivity contribution in [3.63, 3.8) is 0 Å². The Balaban J connectivity index is 1.54. The molecule has 162 valence electrons. The molecule has 0 aliphatic carbocycles. The average molecular weight is 432 g/mol. The molecule has 7 heteroatoms. The molecule has 1 aliphatic rings. The van der Waals surface area contributed by atoms with Crippen molar-refractivity contribution in [2.75, 3.05) is 11.9 Å². The molecule has 0 unspecified atom stereocenters. The first-order valence-corrected chi connectivity index (χ1v) is 10.3. The summed E-state index contributed by atoms with van der Waals surface area (Å²) >= 11 is 0. The topological polar surface area (TPSA) is 97.7 Å². The number of para-hydroxylation sites is 1. The van der Waals surface area contributed by atoms with Gasteiger partial charge in [-0.25, -0.2) is 4.39 Å². The highest BCUT2D eigenvalue weighted by Crippen LogP contribution is 2.40. The Morgan fingerprint density at radius 3 is 2.78 bits per heavy atom. The number of hydrogen-bond acceptors (Lipinski definition) is 5. The lowest BCUT2D eigenvalue weighted by molar-refractivity contribution is -0.136. The molecule has 4 aromatic rings. The monoisotopic (exact) mass is 432 g/mol. The second kappa shape index (κ2) is 8.01. The Bertz CT molecular complexity index is 1330. The molecule has 0 saturated carbocycles. The van der Waals surface area contributed by atoms with Crippen LogP contribution in [-0.2, 0) is 17.8 Å². The summed E-state index contributed by atoms with van der Waals surface area (Å²) < 4.78 is 26.8. The summed E-state index contributed by atoms with van der Waals surface area (Å²) in [5, 5.41) is 13.4. The maximum absolute atomic E-state index is 14.9. The molecule has 0 amide bonds. The second-order valence-electron chi connectivity index (χ2n) is 7.74. The van der Waals surface area contributed by atoms with E-state index in [1.807, 2.05) is 24.3 Å². The van der Waals surface area contributed by atoms with Crippen LogP contribution >= 0.6 is 0 Å². The molecule has 0 bridgehead atoms. The quantitative estimate of drug-likeness (QED) is 0.416. The highest BCUT2D eigenvalue weighted by Gasteiger charge is 2.27. The van der Waals surface area contributed by atoms with Gasteiger partial charge in [0.05, 0.1) is 24.9 Å². The van der Waals surface area contributed by atoms with E-state index in [2.05, 4.69) is 5.32 Å². The first kappa shape index (κ1) is 20.1. The molecular weight excluding hydrogens is 411 g/mol. The summed E-state index contributed by atoms with van der Waals surface area (Å²) in [5.41, 5.74) is 10.1. The van der Waals surface area contributed by atoms with Crippen molar-refractivity contribution in [2.45, 2.75) is 19.1 Å². The summed E-state index contributed by atoms with van der Waals surface area (Å²) in [6, 6.07) is 16.1. The van der Waals surface area contributed by atoms with Crippen LogP contribution in [0.25, 0.3) is 22.1 Å². The number of halogens is 1. The normalized spacial score (nSPS) is 15.1. The van der Waals surface area contributed by atoms with Crippen molar-refractivity contribution in [2.24, 2.45) is 5.73 Å². The van der Waals surface area contributed by atoms with Crippen LogP contribution in [0.2, 0.25) is 0 Å². The largest absolute Gasteiger partial charge is 0.481 e. The Hall–Kier alpha value is -3.84. The average Bonchev–Trinajstić information content (AvgIpc) is 3.22. The van der Waals surface area contributed by atoms with Crippen LogP contribution in [0.15, 0.2) is 65.3 Å². The molecule has 3 aromatic carbocycles. The number of aliphatic carboxylic acids is 1. The van der Waals surface area contributed by atoms with Crippen LogP contribution in [0.5, 0.6) is 5.75 Å². The van der Waals surface area contributed by atoms with E-state index in [9.17, 15) is 14.3 Å². The minimum Gasteiger partial charge on any atom is -0.481 e. The van der Waals surface area contributed by atoms with Crippen molar-refractivity contribution >= 4 is 22.6 Å². The van der Waals surface area contributed by atoms with Gasteiger partial charge in [0.2, 0.25) is 0 Å². The SMILES string of the molecule is NCc1cccc(-c2ccc3occ([C@@H]4CNc5cccc(CC(=O)O)c5O4)c3c2)c1F. The van der Waals surface area contributed by atoms with E-state index in [0.717, 1.165) is 16.6 Å². The van der Waals surface area contributed by atoms with Gasteiger partial charge in [-0.1, -0.05) is 36.4 Å². The number of nitrogens with two attached hydrogens (primary N) is 1. The van der Waals surface area contributed by atoms with Crippen LogP contribution in [0.4, 0.5) is 10.1 Å². The Morgan fingerprint density at radius 1 is 1.16 bits per heavy atom. The highest BCUT2D eigenvalue weighted by molar-refractivity contribution is 5.87. The van der Waals surface area contributed by atoms with Crippen LogP contribution in [-0.4, -0.2) is 17.6 Å². The number of benzene rings is 3. The number of anilines is 1. The van der Waals surface area contributed by atoms with E-state index < -0.39 is 12.1 Å². The van der Waals surface area contributed by atoms with E-state index >= 15 is 0 Å². The van der Waals surface area contributed by atoms with Gasteiger partial charge in [0.1, 0.15) is 23.3 Å². The van der Waals surface area contributed by atoms with Crippen molar-refractivity contribution < 1.29 is 23.4 Å². The summed E-state index contributed by atoms with van der Waals surface area (Å²) in [5.74, 6) is -0.732. The lowest BCUT2D eigenvalue weighted by atomic mass is 9.98. The Morgan fingerprint density at radius 2 is 1.97 bits per heavy atom. The van der Waals surface area contributed by atoms with Gasteiger partial charge in [-0.2, -0.15) is 0 Å². The zero-order valence-electron chi connectivity index (χ0n) is 17.1. The first-order chi connectivity index (χ1) is 15.5. The Labute approximate surface area is 183 Å². The molecule has 1 aromatic heterocycles. The maximum Gasteiger partial charge on any atom is 0.307 e. The molecule has 0 saturated heterocycles. The molecule has 32 heavy (non-hydrogen) atoms. The molecule has 4 N–H and O–H groups in total. The van der Waals surface area contributed by atoms with Crippen molar-refractivity contribution in [3.05, 3.63) is 83.4 Å². The van der Waals surface area contributed by atoms with E-state index in [4.69, 9.17) is 14.9 Å². The van der Waals surface area contributed by atoms with Gasteiger partial charge in [-0.05, 0) is 23.8 Å². The third-order valence-corrected chi connectivity index (χ3v) is 5.74. The summed E-state index contributed by atoms with van der Waals surface area (Å²) in [6.45, 7) is 0.609. The number of carboxylic acids is 1. The fourth-order valence-corrected chi connectivity index (χ4v) is 4.15. The molecule has 5 rings (SSSR count). The number of hydrogen-bond donors (Lipinski definition) is 3. The molecule has 2 heterocycles. The number of carboxylic acid groups (broad SMARTS) is 1. The van der Waals surface area contributed by atoms with Gasteiger partial charge < -0.3 is 25.3 Å². The van der Waals surface area contributed by atoms with E-state index in [1.165, 1.54) is 0 Å². The predicted octanol–water partition coefficient (Wildman–Crippen LogP) is 4.87. The minimum atomic E-state index is -0.927. The van der Waals surface area contributed by atoms with Crippen LogP contribution in [0.3, 0.4) is 0 Å². The number of nitrogens with one attached hydrogen (secondary N) is 1. The standard InChI is InChI=1S/C25H21FN2O4/c26-24-16(11-27)4-1-5-17(24)14-7-8-21-18(9-14)19(13-31-21)22-12-28-20-6-2-3-15(10-23(29)30)25(20)32-22/h1-9,13,22,28H,10-12,27H2,(H,29,30)/t22-/m0/s1. The molecule has 1 atom stereocenters. The fourth-order valence-electron chi connectivity index (χ4n) is 4.15. The van der Waals surface area contributed by atoms with Gasteiger partial charge in [0.15, 0.2) is 0 Å². The molecule has 6 nitrogen and oxygen atoms in total. The van der Waals surface area contributed by atoms with Gasteiger partial charge in [0.25, 0.3) is 0 Å². The summed E-state index contributed by atoms with van der Waals surface area (Å²) in [4.78, 5) is 11.3. The van der Waals surface area contributed by atoms with Crippen molar-refractivity contribution in [1.29, 1.82) is 0 Å². The second-order valence-corrected chi connectivity index (χ2v) is 7.74. The van der Waals surface area contributed by atoms with Crippen molar-refractivity contribution in [3.8, 4) is 16.9 Å². The number of furan rings is 1. The molecule has 0 radical (unpaired) electrons. The van der Waals surface area contributed by atoms with Gasteiger partial charge in [0, 0.05) is 34.2 Å². The predicted molar refractivity (Wildman–Crippen MR) is 119 cm³/mol. The van der Waals surface area contributed by atoms with Crippen LogP contribution < -0.4 is 15.8 Å². The third-order valence-electron chi connectivity index (χ3n) is 5.74. The first-order valence-electron chi connectivity index (χ1n) is 10.3. The third kappa shape index (κ3) is 3.46. The molecular formula is C25H21FN2O4. The van der Waals surface area contributed by atoms with Gasteiger partial charge >= 0.3 is 5.97 Å². The van der Waals surface area contributed by atoms with E-state index in [1.54, 1.807) is 36.6 Å². The summed E-state index contributed by atoms with van der Waals surface area (Å²) in [6.07, 6.45) is 1.11. The zero-order valence-corrected chi connectivity index (χ0v) is 17.1. The number of fused-ring (bicyclic) bond motifs is 2. The minimum absolute atomic E-state index is 0.124. The van der Waals surface area contributed by atoms with Crippen LogP contribution in [0.1, 0.15) is 22.8 Å².